The van der Waals surface area contributed by atoms with E-state index in [-0.39, 0.29) is 34.8 Å². The highest BCUT2D eigenvalue weighted by Gasteiger charge is 2.36. The van der Waals surface area contributed by atoms with Gasteiger partial charge in [0.2, 0.25) is 10.0 Å². The number of aliphatic carboxylic acids is 1. The van der Waals surface area contributed by atoms with Crippen molar-refractivity contribution in [1.29, 1.82) is 0 Å². The minimum Gasteiger partial charge on any atom is -0.480 e. The molecule has 1 aromatic carbocycles. The van der Waals surface area contributed by atoms with Crippen LogP contribution in [0.2, 0.25) is 0 Å². The molecule has 0 aromatic heterocycles. The first-order chi connectivity index (χ1) is 11.6. The van der Waals surface area contributed by atoms with E-state index < -0.39 is 20.9 Å². The molecule has 0 unspecified atom stereocenters. The summed E-state index contributed by atoms with van der Waals surface area (Å²) < 4.78 is 27.4. The molecule has 2 rings (SSSR count). The van der Waals surface area contributed by atoms with E-state index in [9.17, 15) is 23.3 Å². The first kappa shape index (κ1) is 19.3. The summed E-state index contributed by atoms with van der Waals surface area (Å²) in [5, 5.41) is 19.7. The third-order valence-corrected chi connectivity index (χ3v) is 5.89. The highest BCUT2D eigenvalue weighted by atomic mass is 32.2. The van der Waals surface area contributed by atoms with Crippen LogP contribution in [0.25, 0.3) is 0 Å². The predicted molar refractivity (Wildman–Crippen MR) is 89.8 cm³/mol. The van der Waals surface area contributed by atoms with Crippen molar-refractivity contribution in [3.63, 3.8) is 0 Å². The van der Waals surface area contributed by atoms with Crippen LogP contribution >= 0.6 is 0 Å². The number of nitro benzene ring substituents is 1. The van der Waals surface area contributed by atoms with E-state index in [1.54, 1.807) is 4.90 Å². The van der Waals surface area contributed by atoms with Crippen molar-refractivity contribution in [2.24, 2.45) is 0 Å². The molecule has 1 saturated carbocycles. The normalized spacial score (nSPS) is 20.3. The van der Waals surface area contributed by atoms with Crippen LogP contribution in [-0.2, 0) is 14.8 Å². The standard InChI is InChI=1S/C15H21N3O6S/c1-3-17(9-15(19)20)12-7-11(8-12)16-25(23,24)13-4-5-14(18(21)22)10(2)6-13/h4-6,11-12,16H,3,7-9H2,1-2H3,(H,19,20). The van der Waals surface area contributed by atoms with Gasteiger partial charge in [-0.1, -0.05) is 6.92 Å². The summed E-state index contributed by atoms with van der Waals surface area (Å²) in [5.41, 5.74) is 0.146. The zero-order valence-corrected chi connectivity index (χ0v) is 14.8. The molecular formula is C15H21N3O6S. The summed E-state index contributed by atoms with van der Waals surface area (Å²) in [5.74, 6) is -0.910. The molecule has 0 radical (unpaired) electrons. The van der Waals surface area contributed by atoms with Crippen LogP contribution < -0.4 is 4.72 Å². The van der Waals surface area contributed by atoms with Gasteiger partial charge in [0.1, 0.15) is 0 Å². The zero-order valence-electron chi connectivity index (χ0n) is 14.0. The summed E-state index contributed by atoms with van der Waals surface area (Å²) in [4.78, 5) is 22.8. The van der Waals surface area contributed by atoms with Gasteiger partial charge in [-0.2, -0.15) is 0 Å². The molecule has 0 amide bonds. The van der Waals surface area contributed by atoms with Crippen molar-refractivity contribution in [3.8, 4) is 0 Å². The quantitative estimate of drug-likeness (QED) is 0.517. The molecule has 1 fully saturated rings. The molecular weight excluding hydrogens is 350 g/mol. The van der Waals surface area contributed by atoms with Gasteiger partial charge in [0, 0.05) is 23.7 Å². The number of rotatable bonds is 8. The molecule has 9 nitrogen and oxygen atoms in total. The van der Waals surface area contributed by atoms with Crippen molar-refractivity contribution in [3.05, 3.63) is 33.9 Å². The Hall–Kier alpha value is -2.04. The Labute approximate surface area is 145 Å². The van der Waals surface area contributed by atoms with Crippen LogP contribution in [0.3, 0.4) is 0 Å². The molecule has 2 N–H and O–H groups in total. The maximum Gasteiger partial charge on any atom is 0.317 e. The van der Waals surface area contributed by atoms with Gasteiger partial charge in [0.05, 0.1) is 16.4 Å². The van der Waals surface area contributed by atoms with Gasteiger partial charge in [0.15, 0.2) is 0 Å². The number of nitrogens with one attached hydrogen (secondary N) is 1. The summed E-state index contributed by atoms with van der Waals surface area (Å²) in [6.45, 7) is 3.86. The molecule has 10 heteroatoms. The number of carboxylic acid groups (broad SMARTS) is 1. The van der Waals surface area contributed by atoms with E-state index in [1.165, 1.54) is 25.1 Å². The molecule has 0 saturated heterocycles. The number of carboxylic acids is 1. The lowest BCUT2D eigenvalue weighted by molar-refractivity contribution is -0.385. The van der Waals surface area contributed by atoms with Crippen LogP contribution in [0.15, 0.2) is 23.1 Å². The number of benzene rings is 1. The van der Waals surface area contributed by atoms with E-state index in [2.05, 4.69) is 4.72 Å². The average molecular weight is 371 g/mol. The van der Waals surface area contributed by atoms with Crippen molar-refractivity contribution in [2.75, 3.05) is 13.1 Å². The fraction of sp³-hybridized carbons (Fsp3) is 0.533. The Morgan fingerprint density at radius 2 is 2.08 bits per heavy atom. The van der Waals surface area contributed by atoms with E-state index >= 15 is 0 Å². The van der Waals surface area contributed by atoms with E-state index in [4.69, 9.17) is 5.11 Å². The first-order valence-corrected chi connectivity index (χ1v) is 9.35. The fourth-order valence-electron chi connectivity index (χ4n) is 2.94. The number of nitro groups is 1. The Bertz CT molecular complexity index is 773. The number of aryl methyl sites for hydroxylation is 1. The SMILES string of the molecule is CCN(CC(=O)O)C1CC(NS(=O)(=O)c2ccc([N+](=O)[O-])c(C)c2)C1. The van der Waals surface area contributed by atoms with Gasteiger partial charge < -0.3 is 5.11 Å². The summed E-state index contributed by atoms with van der Waals surface area (Å²) in [7, 11) is -3.77. The number of likely N-dealkylation sites (N-methyl/N-ethyl adjacent to an activating group) is 1. The maximum atomic E-state index is 12.4. The Morgan fingerprint density at radius 1 is 1.44 bits per heavy atom. The Balaban J connectivity index is 2.00. The topological polar surface area (TPSA) is 130 Å². The van der Waals surface area contributed by atoms with Crippen LogP contribution in [0.1, 0.15) is 25.3 Å². The monoisotopic (exact) mass is 371 g/mol. The lowest BCUT2D eigenvalue weighted by Gasteiger charge is -2.42. The first-order valence-electron chi connectivity index (χ1n) is 7.87. The van der Waals surface area contributed by atoms with Gasteiger partial charge in [0.25, 0.3) is 5.69 Å². The fourth-order valence-corrected chi connectivity index (χ4v) is 4.29. The largest absolute Gasteiger partial charge is 0.480 e. The highest BCUT2D eigenvalue weighted by Crippen LogP contribution is 2.28. The maximum absolute atomic E-state index is 12.4. The Kier molecular flexibility index (Phi) is 5.76. The minimum atomic E-state index is -3.77. The van der Waals surface area contributed by atoms with Gasteiger partial charge in [-0.15, -0.1) is 0 Å². The molecule has 0 bridgehead atoms. The molecule has 25 heavy (non-hydrogen) atoms. The average Bonchev–Trinajstić information content (AvgIpc) is 2.47. The van der Waals surface area contributed by atoms with E-state index in [1.807, 2.05) is 6.92 Å². The third kappa shape index (κ3) is 4.53. The van der Waals surface area contributed by atoms with Gasteiger partial charge in [-0.05, 0) is 38.4 Å². The van der Waals surface area contributed by atoms with Crippen molar-refractivity contribution < 1.29 is 23.2 Å². The third-order valence-electron chi connectivity index (χ3n) is 4.37. The van der Waals surface area contributed by atoms with E-state index in [0.717, 1.165) is 0 Å². The lowest BCUT2D eigenvalue weighted by Crippen LogP contribution is -2.54. The molecule has 1 aliphatic carbocycles. The van der Waals surface area contributed by atoms with Crippen LogP contribution in [0, 0.1) is 17.0 Å². The van der Waals surface area contributed by atoms with Crippen LogP contribution in [0.4, 0.5) is 5.69 Å². The summed E-state index contributed by atoms with van der Waals surface area (Å²) in [6.07, 6.45) is 1.07. The van der Waals surface area contributed by atoms with Gasteiger partial charge in [-0.3, -0.25) is 19.8 Å². The van der Waals surface area contributed by atoms with Gasteiger partial charge >= 0.3 is 5.97 Å². The van der Waals surface area contributed by atoms with E-state index in [0.29, 0.717) is 19.4 Å². The molecule has 1 aliphatic rings. The second kappa shape index (κ2) is 7.46. The predicted octanol–water partition coefficient (Wildman–Crippen LogP) is 1.12. The number of carbonyl (C=O) groups is 1. The smallest absolute Gasteiger partial charge is 0.317 e. The number of hydrogen-bond acceptors (Lipinski definition) is 6. The molecule has 138 valence electrons. The Morgan fingerprint density at radius 3 is 2.56 bits per heavy atom. The second-order valence-corrected chi connectivity index (χ2v) is 7.82. The number of sulfonamides is 1. The molecule has 0 heterocycles. The lowest BCUT2D eigenvalue weighted by atomic mass is 9.86. The van der Waals surface area contributed by atoms with Gasteiger partial charge in [-0.25, -0.2) is 13.1 Å². The van der Waals surface area contributed by atoms with Crippen molar-refractivity contribution >= 4 is 21.7 Å². The van der Waals surface area contributed by atoms with Crippen molar-refractivity contribution in [2.45, 2.75) is 43.7 Å². The summed E-state index contributed by atoms with van der Waals surface area (Å²) >= 11 is 0. The van der Waals surface area contributed by atoms with Crippen LogP contribution in [0.5, 0.6) is 0 Å². The molecule has 0 spiro atoms. The number of nitrogens with zero attached hydrogens (tertiary/aromatic N) is 2. The summed E-state index contributed by atoms with van der Waals surface area (Å²) in [6, 6.07) is 3.44. The molecule has 1 aromatic rings. The molecule has 0 atom stereocenters. The second-order valence-electron chi connectivity index (χ2n) is 6.11. The minimum absolute atomic E-state index is 0.0167. The zero-order chi connectivity index (χ0) is 18.8. The highest BCUT2D eigenvalue weighted by molar-refractivity contribution is 7.89. The van der Waals surface area contributed by atoms with Crippen molar-refractivity contribution in [1.82, 2.24) is 9.62 Å². The molecule has 0 aliphatic heterocycles. The van der Waals surface area contributed by atoms with Crippen LogP contribution in [-0.4, -0.2) is 54.5 Å². The number of hydrogen-bond donors (Lipinski definition) is 2.